The summed E-state index contributed by atoms with van der Waals surface area (Å²) in [6.07, 6.45) is 5.38. The van der Waals surface area contributed by atoms with Gasteiger partial charge in [0.15, 0.2) is 0 Å². The Bertz CT molecular complexity index is 1900. The SMILES string of the molecule is CC(=Nn1c(-c2ccc(-c3ccccc3)cc2)csc1=Nc1ccccc1[N+](=O)[O-])c1ccc(-n2ccnc2)cc1. The number of nitro groups is 1. The van der Waals surface area contributed by atoms with Crippen molar-refractivity contribution >= 4 is 28.4 Å². The number of imidazole rings is 1. The van der Waals surface area contributed by atoms with E-state index in [1.54, 1.807) is 35.4 Å². The van der Waals surface area contributed by atoms with Gasteiger partial charge in [-0.05, 0) is 41.8 Å². The zero-order valence-corrected chi connectivity index (χ0v) is 22.8. The molecule has 0 aliphatic rings. The smallest absolute Gasteiger partial charge is 0.294 e. The van der Waals surface area contributed by atoms with Gasteiger partial charge in [-0.3, -0.25) is 10.1 Å². The molecular formula is C32H24N6O2S. The summed E-state index contributed by atoms with van der Waals surface area (Å²) in [5.74, 6) is 0. The van der Waals surface area contributed by atoms with Gasteiger partial charge in [-0.2, -0.15) is 5.10 Å². The van der Waals surface area contributed by atoms with Crippen LogP contribution in [0.25, 0.3) is 28.1 Å². The summed E-state index contributed by atoms with van der Waals surface area (Å²) < 4.78 is 3.70. The van der Waals surface area contributed by atoms with Crippen molar-refractivity contribution in [2.75, 3.05) is 0 Å². The van der Waals surface area contributed by atoms with Gasteiger partial charge in [-0.15, -0.1) is 11.3 Å². The molecule has 0 unspecified atom stereocenters. The lowest BCUT2D eigenvalue weighted by atomic mass is 10.0. The van der Waals surface area contributed by atoms with E-state index in [-0.39, 0.29) is 11.4 Å². The molecule has 41 heavy (non-hydrogen) atoms. The maximum atomic E-state index is 11.7. The summed E-state index contributed by atoms with van der Waals surface area (Å²) in [7, 11) is 0. The number of benzene rings is 4. The second-order valence-corrected chi connectivity index (χ2v) is 10.1. The highest BCUT2D eigenvalue weighted by molar-refractivity contribution is 7.07. The van der Waals surface area contributed by atoms with Gasteiger partial charge < -0.3 is 4.57 Å². The lowest BCUT2D eigenvalue weighted by Crippen LogP contribution is -2.14. The fourth-order valence-electron chi connectivity index (χ4n) is 4.45. The first-order valence-corrected chi connectivity index (χ1v) is 13.7. The Morgan fingerprint density at radius 3 is 2.24 bits per heavy atom. The van der Waals surface area contributed by atoms with Crippen LogP contribution in [0, 0.1) is 10.1 Å². The Morgan fingerprint density at radius 1 is 0.854 bits per heavy atom. The number of hydrogen-bond acceptors (Lipinski definition) is 6. The molecule has 6 rings (SSSR count). The second-order valence-electron chi connectivity index (χ2n) is 9.22. The molecule has 0 atom stereocenters. The zero-order chi connectivity index (χ0) is 28.2. The van der Waals surface area contributed by atoms with Crippen LogP contribution in [-0.2, 0) is 0 Å². The van der Waals surface area contributed by atoms with Gasteiger partial charge in [0.25, 0.3) is 5.69 Å². The molecule has 0 N–H and O–H groups in total. The van der Waals surface area contributed by atoms with Crippen LogP contribution < -0.4 is 4.80 Å². The van der Waals surface area contributed by atoms with Gasteiger partial charge in [0, 0.05) is 35.1 Å². The Hall–Kier alpha value is -5.41. The molecule has 0 saturated heterocycles. The van der Waals surface area contributed by atoms with Gasteiger partial charge in [0.05, 0.1) is 22.7 Å². The van der Waals surface area contributed by atoms with Crippen LogP contribution in [-0.4, -0.2) is 24.9 Å². The van der Waals surface area contributed by atoms with Crippen molar-refractivity contribution in [3.8, 4) is 28.1 Å². The van der Waals surface area contributed by atoms with E-state index in [0.29, 0.717) is 4.80 Å². The average Bonchev–Trinajstić information content (AvgIpc) is 3.69. The molecule has 6 aromatic rings. The summed E-state index contributed by atoms with van der Waals surface area (Å²) in [4.78, 5) is 20.6. The predicted molar refractivity (Wildman–Crippen MR) is 163 cm³/mol. The van der Waals surface area contributed by atoms with E-state index in [2.05, 4.69) is 41.4 Å². The minimum atomic E-state index is -0.420. The molecular weight excluding hydrogens is 532 g/mol. The van der Waals surface area contributed by atoms with E-state index in [1.165, 1.54) is 17.4 Å². The minimum absolute atomic E-state index is 0.0583. The van der Waals surface area contributed by atoms with Crippen molar-refractivity contribution < 1.29 is 4.92 Å². The summed E-state index contributed by atoms with van der Waals surface area (Å²) in [6.45, 7) is 1.94. The molecule has 0 aliphatic carbocycles. The second kappa shape index (κ2) is 11.4. The molecule has 2 heterocycles. The minimum Gasteiger partial charge on any atom is -0.306 e. The molecule has 0 aliphatic heterocycles. The fourth-order valence-corrected chi connectivity index (χ4v) is 5.29. The number of nitrogens with zero attached hydrogens (tertiary/aromatic N) is 6. The molecule has 0 radical (unpaired) electrons. The van der Waals surface area contributed by atoms with E-state index in [4.69, 9.17) is 10.1 Å². The predicted octanol–water partition coefficient (Wildman–Crippen LogP) is 7.48. The molecule has 2 aromatic heterocycles. The highest BCUT2D eigenvalue weighted by Crippen LogP contribution is 2.28. The van der Waals surface area contributed by atoms with E-state index in [1.807, 2.05) is 65.5 Å². The van der Waals surface area contributed by atoms with E-state index >= 15 is 0 Å². The molecule has 200 valence electrons. The van der Waals surface area contributed by atoms with E-state index in [9.17, 15) is 10.1 Å². The molecule has 8 nitrogen and oxygen atoms in total. The summed E-state index contributed by atoms with van der Waals surface area (Å²) in [5.41, 5.74) is 6.96. The monoisotopic (exact) mass is 556 g/mol. The number of rotatable bonds is 7. The Labute approximate surface area is 240 Å². The van der Waals surface area contributed by atoms with Gasteiger partial charge in [-0.1, -0.05) is 78.9 Å². The Balaban J connectivity index is 1.45. The van der Waals surface area contributed by atoms with E-state index in [0.717, 1.165) is 39.3 Å². The average molecular weight is 557 g/mol. The van der Waals surface area contributed by atoms with Crippen molar-refractivity contribution in [2.45, 2.75) is 6.92 Å². The largest absolute Gasteiger partial charge is 0.306 e. The number of para-hydroxylation sites is 2. The summed E-state index contributed by atoms with van der Waals surface area (Å²) in [6, 6.07) is 33.0. The number of hydrogen-bond donors (Lipinski definition) is 0. The van der Waals surface area contributed by atoms with Crippen molar-refractivity contribution in [1.82, 2.24) is 14.2 Å². The van der Waals surface area contributed by atoms with Crippen molar-refractivity contribution in [2.24, 2.45) is 10.1 Å². The van der Waals surface area contributed by atoms with Crippen LogP contribution in [0.1, 0.15) is 12.5 Å². The maximum Gasteiger partial charge on any atom is 0.294 e. The van der Waals surface area contributed by atoms with Gasteiger partial charge in [-0.25, -0.2) is 14.7 Å². The van der Waals surface area contributed by atoms with Crippen LogP contribution in [0.3, 0.4) is 0 Å². The van der Waals surface area contributed by atoms with Crippen LogP contribution in [0.2, 0.25) is 0 Å². The van der Waals surface area contributed by atoms with Crippen LogP contribution in [0.5, 0.6) is 0 Å². The highest BCUT2D eigenvalue weighted by atomic mass is 32.1. The van der Waals surface area contributed by atoms with Gasteiger partial charge >= 0.3 is 0 Å². The van der Waals surface area contributed by atoms with Crippen molar-refractivity contribution in [1.29, 1.82) is 0 Å². The molecule has 0 saturated carbocycles. The molecule has 4 aromatic carbocycles. The highest BCUT2D eigenvalue weighted by Gasteiger charge is 2.14. The van der Waals surface area contributed by atoms with E-state index < -0.39 is 4.92 Å². The normalized spacial score (nSPS) is 12.0. The molecule has 0 amide bonds. The number of thiazole rings is 1. The van der Waals surface area contributed by atoms with Gasteiger partial charge in [0.1, 0.15) is 5.69 Å². The van der Waals surface area contributed by atoms with Crippen LogP contribution in [0.4, 0.5) is 11.4 Å². The molecule has 9 heteroatoms. The number of nitro benzene ring substituents is 1. The maximum absolute atomic E-state index is 11.7. The van der Waals surface area contributed by atoms with Crippen LogP contribution in [0.15, 0.2) is 137 Å². The standard InChI is InChI=1S/C32H24N6O2S/c1-23(24-15-17-28(18-16-24)36-20-19-33-22-36)35-37-31(27-13-11-26(12-14-27)25-7-3-2-4-8-25)21-41-32(37)34-29-9-5-6-10-30(29)38(39)40/h2-22H,1H3. The summed E-state index contributed by atoms with van der Waals surface area (Å²) in [5, 5.41) is 18.6. The first kappa shape index (κ1) is 25.8. The molecule has 0 spiro atoms. The first-order valence-electron chi connectivity index (χ1n) is 12.9. The third-order valence-corrected chi connectivity index (χ3v) is 7.42. The van der Waals surface area contributed by atoms with Gasteiger partial charge in [0.2, 0.25) is 4.80 Å². The Morgan fingerprint density at radius 2 is 1.54 bits per heavy atom. The third-order valence-electron chi connectivity index (χ3n) is 6.61. The van der Waals surface area contributed by atoms with Crippen molar-refractivity contribution in [3.05, 3.63) is 148 Å². The Kier molecular flexibility index (Phi) is 7.17. The molecule has 0 fully saturated rings. The lowest BCUT2D eigenvalue weighted by Gasteiger charge is -2.09. The topological polar surface area (TPSA) is 90.6 Å². The number of aromatic nitrogens is 3. The summed E-state index contributed by atoms with van der Waals surface area (Å²) >= 11 is 1.38. The van der Waals surface area contributed by atoms with Crippen molar-refractivity contribution in [3.63, 3.8) is 0 Å². The quantitative estimate of drug-likeness (QED) is 0.116. The zero-order valence-electron chi connectivity index (χ0n) is 22.0. The van der Waals surface area contributed by atoms with Crippen LogP contribution >= 0.6 is 11.3 Å². The fraction of sp³-hybridized carbons (Fsp3) is 0.0312. The lowest BCUT2D eigenvalue weighted by molar-refractivity contribution is -0.384. The third kappa shape index (κ3) is 5.52. The molecule has 0 bridgehead atoms. The first-order chi connectivity index (χ1) is 20.1.